The van der Waals surface area contributed by atoms with Crippen LogP contribution in [0.5, 0.6) is 0 Å². The van der Waals surface area contributed by atoms with Gasteiger partial charge in [0.15, 0.2) is 0 Å². The Balaban J connectivity index is 1.59. The lowest BCUT2D eigenvalue weighted by molar-refractivity contribution is -0.123. The van der Waals surface area contributed by atoms with Gasteiger partial charge >= 0.3 is 0 Å². The number of hydrogen-bond acceptors (Lipinski definition) is 2. The van der Waals surface area contributed by atoms with Crippen molar-refractivity contribution in [3.05, 3.63) is 35.9 Å². The summed E-state index contributed by atoms with van der Waals surface area (Å²) in [6, 6.07) is 9.77. The molecule has 21 heavy (non-hydrogen) atoms. The van der Waals surface area contributed by atoms with Gasteiger partial charge in [-0.15, -0.1) is 0 Å². The van der Waals surface area contributed by atoms with Crippen molar-refractivity contribution in [3.8, 4) is 0 Å². The summed E-state index contributed by atoms with van der Waals surface area (Å²) in [5, 5.41) is 14.0. The Labute approximate surface area is 126 Å². The monoisotopic (exact) mass is 287 g/mol. The maximum absolute atomic E-state index is 12.1. The fourth-order valence-corrected chi connectivity index (χ4v) is 3.55. The number of carbonyl (C=O) groups is 1. The van der Waals surface area contributed by atoms with Crippen LogP contribution in [0, 0.1) is 11.8 Å². The molecule has 0 radical (unpaired) electrons. The van der Waals surface area contributed by atoms with E-state index in [0.717, 1.165) is 18.4 Å². The summed E-state index contributed by atoms with van der Waals surface area (Å²) in [5.74, 6) is 0.930. The van der Waals surface area contributed by atoms with Gasteiger partial charge in [-0.1, -0.05) is 43.2 Å². The molecule has 1 aromatic carbocycles. The lowest BCUT2D eigenvalue weighted by Gasteiger charge is -2.29. The molecule has 2 saturated carbocycles. The molecule has 1 amide bonds. The second-order valence-corrected chi connectivity index (χ2v) is 6.70. The van der Waals surface area contributed by atoms with Crippen LogP contribution >= 0.6 is 0 Å². The standard InChI is InChI=1S/C18H25NO2/c20-17(12-14-6-4-5-7-14)19-13-18(21,16-10-11-16)15-8-2-1-3-9-15/h1-3,8-9,14,16,21H,4-7,10-13H2,(H,19,20). The minimum absolute atomic E-state index is 0.0944. The lowest BCUT2D eigenvalue weighted by Crippen LogP contribution is -2.42. The Morgan fingerprint density at radius 2 is 1.81 bits per heavy atom. The van der Waals surface area contributed by atoms with Crippen molar-refractivity contribution in [1.82, 2.24) is 5.32 Å². The van der Waals surface area contributed by atoms with Crippen LogP contribution in [0.3, 0.4) is 0 Å². The van der Waals surface area contributed by atoms with Crippen LogP contribution in [-0.4, -0.2) is 17.6 Å². The van der Waals surface area contributed by atoms with Crippen LogP contribution in [0.4, 0.5) is 0 Å². The van der Waals surface area contributed by atoms with Gasteiger partial charge in [0.25, 0.3) is 0 Å². The molecule has 0 aromatic heterocycles. The summed E-state index contributed by atoms with van der Waals surface area (Å²) in [4.78, 5) is 12.1. The van der Waals surface area contributed by atoms with E-state index in [1.807, 2.05) is 30.3 Å². The average molecular weight is 287 g/mol. The Morgan fingerprint density at radius 1 is 1.14 bits per heavy atom. The normalized spacial score (nSPS) is 22.0. The molecule has 3 heteroatoms. The molecule has 0 spiro atoms. The molecule has 0 aliphatic heterocycles. The topological polar surface area (TPSA) is 49.3 Å². The molecular weight excluding hydrogens is 262 g/mol. The van der Waals surface area contributed by atoms with E-state index in [1.165, 1.54) is 25.7 Å². The van der Waals surface area contributed by atoms with Gasteiger partial charge in [-0.3, -0.25) is 4.79 Å². The third-order valence-corrected chi connectivity index (χ3v) is 5.03. The van der Waals surface area contributed by atoms with Crippen LogP contribution in [0.15, 0.2) is 30.3 Å². The highest BCUT2D eigenvalue weighted by Crippen LogP contribution is 2.45. The van der Waals surface area contributed by atoms with E-state index in [9.17, 15) is 9.90 Å². The third kappa shape index (κ3) is 3.46. The second kappa shape index (κ2) is 6.18. The van der Waals surface area contributed by atoms with Crippen molar-refractivity contribution in [2.75, 3.05) is 6.54 Å². The summed E-state index contributed by atoms with van der Waals surface area (Å²) in [6.07, 6.45) is 7.59. The Hall–Kier alpha value is -1.35. The third-order valence-electron chi connectivity index (χ3n) is 5.03. The summed E-state index contributed by atoms with van der Waals surface area (Å²) >= 11 is 0. The molecule has 0 heterocycles. The van der Waals surface area contributed by atoms with Crippen LogP contribution < -0.4 is 5.32 Å². The molecule has 3 nitrogen and oxygen atoms in total. The molecule has 0 saturated heterocycles. The van der Waals surface area contributed by atoms with E-state index in [1.54, 1.807) is 0 Å². The van der Waals surface area contributed by atoms with E-state index in [0.29, 0.717) is 18.9 Å². The van der Waals surface area contributed by atoms with E-state index in [4.69, 9.17) is 0 Å². The molecule has 1 unspecified atom stereocenters. The first-order chi connectivity index (χ1) is 10.2. The minimum Gasteiger partial charge on any atom is -0.383 e. The number of carbonyl (C=O) groups excluding carboxylic acids is 1. The largest absolute Gasteiger partial charge is 0.383 e. The van der Waals surface area contributed by atoms with Crippen molar-refractivity contribution in [3.63, 3.8) is 0 Å². The molecular formula is C18H25NO2. The van der Waals surface area contributed by atoms with Gasteiger partial charge in [-0.2, -0.15) is 0 Å². The fourth-order valence-electron chi connectivity index (χ4n) is 3.55. The molecule has 2 fully saturated rings. The SMILES string of the molecule is O=C(CC1CCCC1)NCC(O)(c1ccccc1)C1CC1. The molecule has 2 aliphatic rings. The van der Waals surface area contributed by atoms with Crippen molar-refractivity contribution >= 4 is 5.91 Å². The second-order valence-electron chi connectivity index (χ2n) is 6.70. The van der Waals surface area contributed by atoms with Crippen molar-refractivity contribution < 1.29 is 9.90 Å². The summed E-state index contributed by atoms with van der Waals surface area (Å²) in [5.41, 5.74) is 0.0285. The maximum Gasteiger partial charge on any atom is 0.220 e. The zero-order valence-electron chi connectivity index (χ0n) is 12.6. The van der Waals surface area contributed by atoms with Crippen molar-refractivity contribution in [2.45, 2.75) is 50.5 Å². The molecule has 1 aromatic rings. The smallest absolute Gasteiger partial charge is 0.220 e. The van der Waals surface area contributed by atoms with E-state index in [-0.39, 0.29) is 11.8 Å². The number of aliphatic hydroxyl groups is 1. The van der Waals surface area contributed by atoms with Gasteiger partial charge in [-0.05, 0) is 43.1 Å². The van der Waals surface area contributed by atoms with Crippen LogP contribution in [-0.2, 0) is 10.4 Å². The minimum atomic E-state index is -0.896. The number of rotatable bonds is 6. The van der Waals surface area contributed by atoms with Gasteiger partial charge in [0.1, 0.15) is 5.60 Å². The molecule has 114 valence electrons. The molecule has 0 bridgehead atoms. The highest BCUT2D eigenvalue weighted by atomic mass is 16.3. The van der Waals surface area contributed by atoms with Gasteiger partial charge in [-0.25, -0.2) is 0 Å². The van der Waals surface area contributed by atoms with Crippen LogP contribution in [0.2, 0.25) is 0 Å². The molecule has 3 rings (SSSR count). The lowest BCUT2D eigenvalue weighted by atomic mass is 9.88. The van der Waals surface area contributed by atoms with Crippen molar-refractivity contribution in [2.24, 2.45) is 11.8 Å². The first-order valence-corrected chi connectivity index (χ1v) is 8.23. The molecule has 2 aliphatic carbocycles. The summed E-state index contributed by atoms with van der Waals surface area (Å²) in [7, 11) is 0. The van der Waals surface area contributed by atoms with Gasteiger partial charge in [0.05, 0.1) is 6.54 Å². The van der Waals surface area contributed by atoms with Crippen LogP contribution in [0.1, 0.15) is 50.5 Å². The fraction of sp³-hybridized carbons (Fsp3) is 0.611. The Morgan fingerprint density at radius 3 is 2.43 bits per heavy atom. The van der Waals surface area contributed by atoms with Crippen LogP contribution in [0.25, 0.3) is 0 Å². The Bertz CT molecular complexity index is 477. The maximum atomic E-state index is 12.1. The average Bonchev–Trinajstić information content (AvgIpc) is 3.25. The van der Waals surface area contributed by atoms with E-state index < -0.39 is 5.60 Å². The summed E-state index contributed by atoms with van der Waals surface area (Å²) < 4.78 is 0. The first kappa shape index (κ1) is 14.6. The highest BCUT2D eigenvalue weighted by molar-refractivity contribution is 5.76. The zero-order chi connectivity index (χ0) is 14.7. The van der Waals surface area contributed by atoms with E-state index >= 15 is 0 Å². The van der Waals surface area contributed by atoms with Gasteiger partial charge in [0, 0.05) is 6.42 Å². The highest BCUT2D eigenvalue weighted by Gasteiger charge is 2.45. The first-order valence-electron chi connectivity index (χ1n) is 8.23. The Kier molecular flexibility index (Phi) is 4.29. The van der Waals surface area contributed by atoms with E-state index in [2.05, 4.69) is 5.32 Å². The number of hydrogen-bond donors (Lipinski definition) is 2. The number of amides is 1. The zero-order valence-corrected chi connectivity index (χ0v) is 12.6. The molecule has 1 atom stereocenters. The number of benzene rings is 1. The van der Waals surface area contributed by atoms with Crippen molar-refractivity contribution in [1.29, 1.82) is 0 Å². The van der Waals surface area contributed by atoms with Gasteiger partial charge in [0.2, 0.25) is 5.91 Å². The number of nitrogens with one attached hydrogen (secondary N) is 1. The quantitative estimate of drug-likeness (QED) is 0.845. The van der Waals surface area contributed by atoms with Gasteiger partial charge < -0.3 is 10.4 Å². The predicted molar refractivity (Wildman–Crippen MR) is 82.6 cm³/mol. The molecule has 2 N–H and O–H groups in total. The summed E-state index contributed by atoms with van der Waals surface area (Å²) in [6.45, 7) is 0.341. The predicted octanol–water partition coefficient (Wildman–Crippen LogP) is 2.98.